The highest BCUT2D eigenvalue weighted by molar-refractivity contribution is 6.35. The van der Waals surface area contributed by atoms with Crippen LogP contribution >= 0.6 is 11.6 Å². The fourth-order valence-corrected chi connectivity index (χ4v) is 2.04. The van der Waals surface area contributed by atoms with E-state index in [1.165, 1.54) is 13.3 Å². The molecule has 1 aromatic heterocycles. The van der Waals surface area contributed by atoms with Crippen LogP contribution in [-0.2, 0) is 4.74 Å². The van der Waals surface area contributed by atoms with Gasteiger partial charge in [-0.25, -0.2) is 4.79 Å². The Balaban J connectivity index is 2.75. The summed E-state index contributed by atoms with van der Waals surface area (Å²) in [5.41, 5.74) is -0.103. The number of pyridine rings is 1. The van der Waals surface area contributed by atoms with Crippen LogP contribution in [0, 0.1) is 0 Å². The normalized spacial score (nSPS) is 10.5. The number of carbonyl (C=O) groups is 1. The van der Waals surface area contributed by atoms with Crippen LogP contribution in [-0.4, -0.2) is 24.7 Å². The minimum absolute atomic E-state index is 0.0792. The lowest BCUT2D eigenvalue weighted by Gasteiger charge is -2.08. The molecule has 0 fully saturated rings. The molecule has 1 N–H and O–H groups in total. The molecule has 0 radical (unpaired) electrons. The first-order valence-corrected chi connectivity index (χ1v) is 6.03. The van der Waals surface area contributed by atoms with Crippen molar-refractivity contribution in [1.82, 2.24) is 4.98 Å². The van der Waals surface area contributed by atoms with Gasteiger partial charge in [-0.15, -0.1) is 0 Å². The summed E-state index contributed by atoms with van der Waals surface area (Å²) >= 11 is 6.02. The number of hydrogen-bond donors (Lipinski definition) is 1. The van der Waals surface area contributed by atoms with E-state index >= 15 is 0 Å². The summed E-state index contributed by atoms with van der Waals surface area (Å²) in [4.78, 5) is 26.8. The minimum Gasteiger partial charge on any atom is -0.495 e. The molecule has 5 nitrogen and oxygen atoms in total. The first-order valence-electron chi connectivity index (χ1n) is 5.65. The van der Waals surface area contributed by atoms with Crippen molar-refractivity contribution in [1.29, 1.82) is 0 Å². The number of aromatic amines is 1. The van der Waals surface area contributed by atoms with Gasteiger partial charge in [0.1, 0.15) is 11.3 Å². The van der Waals surface area contributed by atoms with Crippen molar-refractivity contribution >= 4 is 28.5 Å². The minimum atomic E-state index is -0.676. The van der Waals surface area contributed by atoms with Crippen LogP contribution in [0.4, 0.5) is 0 Å². The Morgan fingerprint density at radius 3 is 2.79 bits per heavy atom. The van der Waals surface area contributed by atoms with Gasteiger partial charge in [0.25, 0.3) is 0 Å². The zero-order valence-electron chi connectivity index (χ0n) is 10.5. The highest BCUT2D eigenvalue weighted by Gasteiger charge is 2.17. The molecule has 1 aromatic carbocycles. The number of carbonyl (C=O) groups excluding carboxylic acids is 1. The summed E-state index contributed by atoms with van der Waals surface area (Å²) in [6.45, 7) is 1.87. The van der Waals surface area contributed by atoms with Crippen LogP contribution in [0.1, 0.15) is 17.3 Å². The van der Waals surface area contributed by atoms with E-state index in [0.29, 0.717) is 11.3 Å². The van der Waals surface area contributed by atoms with Gasteiger partial charge in [-0.05, 0) is 19.1 Å². The van der Waals surface area contributed by atoms with Gasteiger partial charge in [0.2, 0.25) is 5.43 Å². The summed E-state index contributed by atoms with van der Waals surface area (Å²) in [5.74, 6) is -0.198. The second-order valence-corrected chi connectivity index (χ2v) is 4.16. The van der Waals surface area contributed by atoms with Crippen molar-refractivity contribution in [3.8, 4) is 5.75 Å². The third-order valence-electron chi connectivity index (χ3n) is 2.66. The molecule has 0 amide bonds. The van der Waals surface area contributed by atoms with Crippen LogP contribution in [0.5, 0.6) is 5.75 Å². The van der Waals surface area contributed by atoms with E-state index in [4.69, 9.17) is 21.1 Å². The van der Waals surface area contributed by atoms with Crippen molar-refractivity contribution in [3.05, 3.63) is 39.1 Å². The molecule has 6 heteroatoms. The Hall–Kier alpha value is -2.01. The number of fused-ring (bicyclic) bond motifs is 1. The number of hydrogen-bond acceptors (Lipinski definition) is 4. The van der Waals surface area contributed by atoms with Gasteiger partial charge in [0.05, 0.1) is 29.6 Å². The van der Waals surface area contributed by atoms with E-state index in [2.05, 4.69) is 4.98 Å². The van der Waals surface area contributed by atoms with E-state index in [9.17, 15) is 9.59 Å². The molecule has 0 bridgehead atoms. The molecule has 0 spiro atoms. The fraction of sp³-hybridized carbons (Fsp3) is 0.231. The Morgan fingerprint density at radius 1 is 1.42 bits per heavy atom. The molecule has 0 aliphatic heterocycles. The highest BCUT2D eigenvalue weighted by atomic mass is 35.5. The van der Waals surface area contributed by atoms with Gasteiger partial charge in [-0.3, -0.25) is 4.79 Å². The molecule has 0 aliphatic rings. The lowest BCUT2D eigenvalue weighted by Crippen LogP contribution is -2.18. The number of methoxy groups -OCH3 is 1. The van der Waals surface area contributed by atoms with E-state index < -0.39 is 11.4 Å². The average Bonchev–Trinajstić information content (AvgIpc) is 2.39. The molecular weight excluding hydrogens is 270 g/mol. The van der Waals surface area contributed by atoms with Gasteiger partial charge in [0, 0.05) is 6.20 Å². The Kier molecular flexibility index (Phi) is 3.76. The number of ether oxygens (including phenoxy) is 2. The van der Waals surface area contributed by atoms with Crippen LogP contribution in [0.15, 0.2) is 23.1 Å². The molecule has 0 saturated heterocycles. The summed E-state index contributed by atoms with van der Waals surface area (Å²) in [7, 11) is 1.49. The molecule has 1 heterocycles. The van der Waals surface area contributed by atoms with Gasteiger partial charge >= 0.3 is 5.97 Å². The third-order valence-corrected chi connectivity index (χ3v) is 2.98. The third kappa shape index (κ3) is 2.29. The summed E-state index contributed by atoms with van der Waals surface area (Å²) in [5, 5.41) is 0.467. The zero-order valence-corrected chi connectivity index (χ0v) is 11.2. The van der Waals surface area contributed by atoms with Crippen LogP contribution in [0.2, 0.25) is 5.02 Å². The molecule has 100 valence electrons. The van der Waals surface area contributed by atoms with Crippen LogP contribution in [0.25, 0.3) is 10.9 Å². The molecule has 0 atom stereocenters. The van der Waals surface area contributed by atoms with E-state index in [1.54, 1.807) is 19.1 Å². The SMILES string of the molecule is CCOC(=O)c1c[nH]c2c(OC)ccc(Cl)c2c1=O. The smallest absolute Gasteiger partial charge is 0.343 e. The molecule has 0 aliphatic carbocycles. The second-order valence-electron chi connectivity index (χ2n) is 3.75. The second kappa shape index (κ2) is 5.32. The first kappa shape index (κ1) is 13.4. The quantitative estimate of drug-likeness (QED) is 0.877. The van der Waals surface area contributed by atoms with Crippen molar-refractivity contribution < 1.29 is 14.3 Å². The lowest BCUT2D eigenvalue weighted by atomic mass is 10.1. The summed E-state index contributed by atoms with van der Waals surface area (Å²) in [6, 6.07) is 3.19. The van der Waals surface area contributed by atoms with E-state index in [1.807, 2.05) is 0 Å². The molecule has 0 unspecified atom stereocenters. The van der Waals surface area contributed by atoms with Crippen molar-refractivity contribution in [3.63, 3.8) is 0 Å². The maximum atomic E-state index is 12.3. The van der Waals surface area contributed by atoms with Crippen molar-refractivity contribution in [2.24, 2.45) is 0 Å². The highest BCUT2D eigenvalue weighted by Crippen LogP contribution is 2.27. The standard InChI is InChI=1S/C13H12ClNO4/c1-3-19-13(17)7-6-15-11-9(18-2)5-4-8(14)10(11)12(7)16/h4-6H,3H2,1-2H3,(H,15,16). The number of rotatable bonds is 3. The lowest BCUT2D eigenvalue weighted by molar-refractivity contribution is 0.0524. The maximum Gasteiger partial charge on any atom is 0.343 e. The van der Waals surface area contributed by atoms with Crippen LogP contribution < -0.4 is 10.2 Å². The molecule has 0 saturated carbocycles. The predicted octanol–water partition coefficient (Wildman–Crippen LogP) is 2.37. The number of halogens is 1. The number of esters is 1. The number of aromatic nitrogens is 1. The predicted molar refractivity (Wildman–Crippen MR) is 72.1 cm³/mol. The van der Waals surface area contributed by atoms with E-state index in [-0.39, 0.29) is 22.6 Å². The maximum absolute atomic E-state index is 12.3. The van der Waals surface area contributed by atoms with Crippen molar-refractivity contribution in [2.75, 3.05) is 13.7 Å². The molecular formula is C13H12ClNO4. The average molecular weight is 282 g/mol. The van der Waals surface area contributed by atoms with Gasteiger partial charge in [-0.2, -0.15) is 0 Å². The van der Waals surface area contributed by atoms with E-state index in [0.717, 1.165) is 0 Å². The Morgan fingerprint density at radius 2 is 2.16 bits per heavy atom. The van der Waals surface area contributed by atoms with Gasteiger partial charge in [-0.1, -0.05) is 11.6 Å². The van der Waals surface area contributed by atoms with Crippen LogP contribution in [0.3, 0.4) is 0 Å². The number of nitrogens with one attached hydrogen (secondary N) is 1. The van der Waals surface area contributed by atoms with Crippen molar-refractivity contribution in [2.45, 2.75) is 6.92 Å². The Labute approximate surface area is 114 Å². The number of benzene rings is 1. The summed E-state index contributed by atoms with van der Waals surface area (Å²) in [6.07, 6.45) is 1.31. The Bertz CT molecular complexity index is 693. The zero-order chi connectivity index (χ0) is 14.0. The first-order chi connectivity index (χ1) is 9.10. The summed E-state index contributed by atoms with van der Waals surface area (Å²) < 4.78 is 9.96. The molecule has 2 aromatic rings. The monoisotopic (exact) mass is 281 g/mol. The molecule has 2 rings (SSSR count). The number of H-pyrrole nitrogens is 1. The van der Waals surface area contributed by atoms with Gasteiger partial charge in [0.15, 0.2) is 0 Å². The molecule has 19 heavy (non-hydrogen) atoms. The van der Waals surface area contributed by atoms with Gasteiger partial charge < -0.3 is 14.5 Å². The largest absolute Gasteiger partial charge is 0.495 e. The topological polar surface area (TPSA) is 68.4 Å². The fourth-order valence-electron chi connectivity index (χ4n) is 1.80.